The van der Waals surface area contributed by atoms with E-state index in [0.29, 0.717) is 4.91 Å². The quantitative estimate of drug-likeness (QED) is 0.834. The molecule has 6 heteroatoms. The highest BCUT2D eigenvalue weighted by Crippen LogP contribution is 2.36. The van der Waals surface area contributed by atoms with Crippen molar-refractivity contribution in [3.63, 3.8) is 0 Å². The summed E-state index contributed by atoms with van der Waals surface area (Å²) in [6, 6.07) is 10.8. The van der Waals surface area contributed by atoms with Crippen LogP contribution in [0.4, 0.5) is 4.79 Å². The normalized spacial score (nSPS) is 16.7. The summed E-state index contributed by atoms with van der Waals surface area (Å²) in [7, 11) is 0. The van der Waals surface area contributed by atoms with Crippen LogP contribution in [0.25, 0.3) is 16.5 Å². The lowest BCUT2D eigenvalue weighted by molar-refractivity contribution is -0.115. The van der Waals surface area contributed by atoms with Gasteiger partial charge in [-0.1, -0.05) is 12.1 Å². The zero-order chi connectivity index (χ0) is 14.1. The van der Waals surface area contributed by atoms with Crippen molar-refractivity contribution in [1.29, 1.82) is 0 Å². The Balaban J connectivity index is 1.92. The first-order valence-electron chi connectivity index (χ1n) is 5.76. The summed E-state index contributed by atoms with van der Waals surface area (Å²) >= 11 is 2.34. The third-order valence-electron chi connectivity index (χ3n) is 2.71. The summed E-state index contributed by atoms with van der Waals surface area (Å²) in [5, 5.41) is 11.7. The van der Waals surface area contributed by atoms with Gasteiger partial charge in [0.25, 0.3) is 11.1 Å². The minimum absolute atomic E-state index is 0.219. The summed E-state index contributed by atoms with van der Waals surface area (Å²) in [5.41, 5.74) is 0.752. The molecule has 0 radical (unpaired) electrons. The van der Waals surface area contributed by atoms with E-state index in [9.17, 15) is 14.7 Å². The number of hydrogen-bond acceptors (Lipinski definition) is 5. The topological polar surface area (TPSA) is 66.4 Å². The summed E-state index contributed by atoms with van der Waals surface area (Å²) in [5.74, 6) is -0.144. The number of benzene rings is 1. The van der Waals surface area contributed by atoms with Crippen molar-refractivity contribution >= 4 is 40.3 Å². The van der Waals surface area contributed by atoms with Gasteiger partial charge in [0.05, 0.1) is 4.91 Å². The number of amides is 2. The van der Waals surface area contributed by atoms with Gasteiger partial charge >= 0.3 is 0 Å². The SMILES string of the molecule is O=C1NC(=O)/C(=C/c2ccc(-c3ccccc3O)s2)S1. The highest BCUT2D eigenvalue weighted by atomic mass is 32.2. The van der Waals surface area contributed by atoms with Crippen LogP contribution in [0.1, 0.15) is 4.88 Å². The average Bonchev–Trinajstić information content (AvgIpc) is 2.98. The first-order chi connectivity index (χ1) is 9.63. The highest BCUT2D eigenvalue weighted by Gasteiger charge is 2.25. The Morgan fingerprint density at radius 2 is 1.90 bits per heavy atom. The number of thiophene rings is 1. The predicted molar refractivity (Wildman–Crippen MR) is 80.5 cm³/mol. The first-order valence-corrected chi connectivity index (χ1v) is 7.40. The van der Waals surface area contributed by atoms with Gasteiger partial charge in [0, 0.05) is 15.3 Å². The predicted octanol–water partition coefficient (Wildman–Crippen LogP) is 3.44. The molecule has 0 spiro atoms. The van der Waals surface area contributed by atoms with E-state index in [2.05, 4.69) is 5.32 Å². The second-order valence-corrected chi connectivity index (χ2v) is 6.20. The minimum atomic E-state index is -0.363. The standard InChI is InChI=1S/C14H9NO3S2/c16-10-4-2-1-3-9(10)11-6-5-8(19-11)7-12-13(17)15-14(18)20-12/h1-7,16H,(H,15,17,18)/b12-7-. The van der Waals surface area contributed by atoms with E-state index in [0.717, 1.165) is 27.1 Å². The zero-order valence-corrected chi connectivity index (χ0v) is 11.8. The number of rotatable bonds is 2. The largest absolute Gasteiger partial charge is 0.507 e. The molecule has 100 valence electrons. The number of para-hydroxylation sites is 1. The first kappa shape index (κ1) is 13.0. The number of nitrogens with one attached hydrogen (secondary N) is 1. The Morgan fingerprint density at radius 1 is 1.10 bits per heavy atom. The molecule has 0 aliphatic carbocycles. The summed E-state index contributed by atoms with van der Waals surface area (Å²) in [4.78, 5) is 24.7. The fourth-order valence-electron chi connectivity index (χ4n) is 1.81. The average molecular weight is 303 g/mol. The lowest BCUT2D eigenvalue weighted by atomic mass is 10.2. The molecule has 2 amide bonds. The summed E-state index contributed by atoms with van der Waals surface area (Å²) in [6.45, 7) is 0. The van der Waals surface area contributed by atoms with E-state index >= 15 is 0 Å². The minimum Gasteiger partial charge on any atom is -0.507 e. The maximum Gasteiger partial charge on any atom is 0.290 e. The van der Waals surface area contributed by atoms with Gasteiger partial charge in [0.1, 0.15) is 5.75 Å². The van der Waals surface area contributed by atoms with E-state index in [1.165, 1.54) is 11.3 Å². The Morgan fingerprint density at radius 3 is 2.60 bits per heavy atom. The molecule has 1 fully saturated rings. The molecule has 1 aliphatic heterocycles. The molecule has 2 heterocycles. The highest BCUT2D eigenvalue weighted by molar-refractivity contribution is 8.18. The van der Waals surface area contributed by atoms with Crippen LogP contribution in [0, 0.1) is 0 Å². The summed E-state index contributed by atoms with van der Waals surface area (Å²) < 4.78 is 0. The van der Waals surface area contributed by atoms with Crippen molar-refractivity contribution in [3.8, 4) is 16.2 Å². The second-order valence-electron chi connectivity index (χ2n) is 4.07. The number of carbonyl (C=O) groups is 2. The smallest absolute Gasteiger partial charge is 0.290 e. The van der Waals surface area contributed by atoms with Gasteiger partial charge < -0.3 is 5.11 Å². The van der Waals surface area contributed by atoms with Gasteiger partial charge in [0.15, 0.2) is 0 Å². The Labute approximate surface area is 123 Å². The number of imide groups is 1. The maximum absolute atomic E-state index is 11.5. The van der Waals surface area contributed by atoms with Gasteiger partial charge in [-0.25, -0.2) is 0 Å². The molecule has 1 saturated heterocycles. The number of carbonyl (C=O) groups excluding carboxylic acids is 2. The maximum atomic E-state index is 11.5. The zero-order valence-electron chi connectivity index (χ0n) is 10.1. The fraction of sp³-hybridized carbons (Fsp3) is 0. The molecule has 1 aromatic heterocycles. The molecule has 0 bridgehead atoms. The van der Waals surface area contributed by atoms with Crippen molar-refractivity contribution in [1.82, 2.24) is 5.32 Å². The molecule has 20 heavy (non-hydrogen) atoms. The van der Waals surface area contributed by atoms with Crippen LogP contribution in [0.15, 0.2) is 41.3 Å². The number of hydrogen-bond donors (Lipinski definition) is 2. The fourth-order valence-corrected chi connectivity index (χ4v) is 3.54. The Hall–Kier alpha value is -2.05. The van der Waals surface area contributed by atoms with Gasteiger partial charge in [-0.3, -0.25) is 14.9 Å². The molecule has 0 saturated carbocycles. The molecule has 0 atom stereocenters. The third kappa shape index (κ3) is 2.48. The van der Waals surface area contributed by atoms with Crippen LogP contribution in [0.2, 0.25) is 0 Å². The number of phenolic OH excluding ortho intramolecular Hbond substituents is 1. The van der Waals surface area contributed by atoms with Crippen molar-refractivity contribution in [3.05, 3.63) is 46.2 Å². The Kier molecular flexibility index (Phi) is 3.33. The lowest BCUT2D eigenvalue weighted by Gasteiger charge is -1.99. The monoisotopic (exact) mass is 303 g/mol. The van der Waals surface area contributed by atoms with Gasteiger partial charge in [-0.05, 0) is 42.1 Å². The number of phenols is 1. The van der Waals surface area contributed by atoms with Crippen molar-refractivity contribution in [2.45, 2.75) is 0 Å². The number of thioether (sulfide) groups is 1. The van der Waals surface area contributed by atoms with Crippen LogP contribution >= 0.6 is 23.1 Å². The van der Waals surface area contributed by atoms with E-state index in [-0.39, 0.29) is 16.9 Å². The van der Waals surface area contributed by atoms with E-state index < -0.39 is 0 Å². The van der Waals surface area contributed by atoms with Crippen LogP contribution in [-0.4, -0.2) is 16.3 Å². The molecule has 1 aromatic carbocycles. The van der Waals surface area contributed by atoms with E-state index in [1.54, 1.807) is 18.2 Å². The van der Waals surface area contributed by atoms with Crippen molar-refractivity contribution in [2.24, 2.45) is 0 Å². The second kappa shape index (κ2) is 5.15. The van der Waals surface area contributed by atoms with E-state index in [1.807, 2.05) is 24.3 Å². The molecular weight excluding hydrogens is 294 g/mol. The van der Waals surface area contributed by atoms with E-state index in [4.69, 9.17) is 0 Å². The molecule has 1 aliphatic rings. The van der Waals surface area contributed by atoms with Gasteiger partial charge in [-0.2, -0.15) is 0 Å². The molecule has 2 N–H and O–H groups in total. The van der Waals surface area contributed by atoms with Crippen LogP contribution in [0.3, 0.4) is 0 Å². The molecular formula is C14H9NO3S2. The molecule has 4 nitrogen and oxygen atoms in total. The van der Waals surface area contributed by atoms with Crippen molar-refractivity contribution in [2.75, 3.05) is 0 Å². The van der Waals surface area contributed by atoms with Gasteiger partial charge in [-0.15, -0.1) is 11.3 Å². The van der Waals surface area contributed by atoms with Gasteiger partial charge in [0.2, 0.25) is 0 Å². The van der Waals surface area contributed by atoms with Crippen LogP contribution in [0.5, 0.6) is 5.75 Å². The van der Waals surface area contributed by atoms with Crippen LogP contribution in [-0.2, 0) is 4.79 Å². The molecule has 0 unspecified atom stereocenters. The number of aromatic hydroxyl groups is 1. The third-order valence-corrected chi connectivity index (χ3v) is 4.59. The summed E-state index contributed by atoms with van der Waals surface area (Å²) in [6.07, 6.45) is 1.68. The van der Waals surface area contributed by atoms with Crippen LogP contribution < -0.4 is 5.32 Å². The van der Waals surface area contributed by atoms with Crippen molar-refractivity contribution < 1.29 is 14.7 Å². The lowest BCUT2D eigenvalue weighted by Crippen LogP contribution is -2.17. The molecule has 2 aromatic rings. The molecule has 3 rings (SSSR count). The Bertz CT molecular complexity index is 734.